The number of nitrogens with two attached hydrogens (primary N) is 1. The smallest absolute Gasteiger partial charge is 0.0557 e. The Kier molecular flexibility index (Phi) is 3.10. The molecule has 0 saturated carbocycles. The molecule has 0 spiro atoms. The summed E-state index contributed by atoms with van der Waals surface area (Å²) in [6.45, 7) is 7.79. The topological polar surface area (TPSA) is 38.5 Å². The summed E-state index contributed by atoms with van der Waals surface area (Å²) in [6.07, 6.45) is 3.58. The molecular formula is C11H22N2O. The van der Waals surface area contributed by atoms with E-state index in [0.29, 0.717) is 11.5 Å². The van der Waals surface area contributed by atoms with Gasteiger partial charge in [0.05, 0.1) is 13.2 Å². The summed E-state index contributed by atoms with van der Waals surface area (Å²) in [6, 6.07) is 0.446. The Bertz CT molecular complexity index is 178. The molecule has 2 fully saturated rings. The molecule has 0 aromatic heterocycles. The van der Waals surface area contributed by atoms with Crippen LogP contribution in [0, 0.1) is 5.41 Å². The summed E-state index contributed by atoms with van der Waals surface area (Å²) in [5.74, 6) is 0. The molecule has 0 unspecified atom stereocenters. The molecule has 82 valence electrons. The third-order valence-electron chi connectivity index (χ3n) is 3.76. The van der Waals surface area contributed by atoms with E-state index in [1.807, 2.05) is 0 Å². The lowest BCUT2D eigenvalue weighted by atomic mass is 9.82. The molecule has 2 heterocycles. The number of rotatable bonds is 3. The minimum atomic E-state index is 0.446. The molecule has 0 radical (unpaired) electrons. The molecule has 2 aliphatic rings. The van der Waals surface area contributed by atoms with Gasteiger partial charge in [0.2, 0.25) is 0 Å². The van der Waals surface area contributed by atoms with Crippen molar-refractivity contribution in [1.82, 2.24) is 4.90 Å². The molecule has 0 aromatic rings. The zero-order valence-electron chi connectivity index (χ0n) is 9.17. The Hall–Kier alpha value is -0.120. The van der Waals surface area contributed by atoms with E-state index in [4.69, 9.17) is 10.5 Å². The third kappa shape index (κ3) is 2.10. The second-order valence-electron chi connectivity index (χ2n) is 4.96. The maximum Gasteiger partial charge on any atom is 0.0557 e. The Morgan fingerprint density at radius 2 is 2.00 bits per heavy atom. The van der Waals surface area contributed by atoms with Crippen LogP contribution in [-0.2, 0) is 4.74 Å². The van der Waals surface area contributed by atoms with Crippen molar-refractivity contribution in [1.29, 1.82) is 0 Å². The van der Waals surface area contributed by atoms with E-state index in [9.17, 15) is 0 Å². The summed E-state index contributed by atoms with van der Waals surface area (Å²) < 4.78 is 5.34. The van der Waals surface area contributed by atoms with Crippen molar-refractivity contribution in [2.75, 3.05) is 32.8 Å². The average Bonchev–Trinajstić information content (AvgIpc) is 2.15. The molecule has 0 bridgehead atoms. The summed E-state index contributed by atoms with van der Waals surface area (Å²) in [7, 11) is 0. The van der Waals surface area contributed by atoms with E-state index in [-0.39, 0.29) is 0 Å². The standard InChI is InChI=1S/C11H22N2O/c1-2-11(8-14-9-11)7-13-5-3-10(12)4-6-13/h10H,2-9,12H2,1H3. The van der Waals surface area contributed by atoms with Gasteiger partial charge in [-0.2, -0.15) is 0 Å². The van der Waals surface area contributed by atoms with Crippen molar-refractivity contribution in [3.63, 3.8) is 0 Å². The number of hydrogen-bond donors (Lipinski definition) is 1. The minimum Gasteiger partial charge on any atom is -0.380 e. The van der Waals surface area contributed by atoms with E-state index >= 15 is 0 Å². The SMILES string of the molecule is CCC1(CN2CCC(N)CC2)COC1. The monoisotopic (exact) mass is 198 g/mol. The molecule has 0 amide bonds. The van der Waals surface area contributed by atoms with Gasteiger partial charge in [0.25, 0.3) is 0 Å². The highest BCUT2D eigenvalue weighted by atomic mass is 16.5. The van der Waals surface area contributed by atoms with E-state index in [0.717, 1.165) is 13.2 Å². The lowest BCUT2D eigenvalue weighted by molar-refractivity contribution is -0.129. The van der Waals surface area contributed by atoms with Crippen LogP contribution in [0.4, 0.5) is 0 Å². The van der Waals surface area contributed by atoms with Crippen molar-refractivity contribution in [3.8, 4) is 0 Å². The van der Waals surface area contributed by atoms with Gasteiger partial charge in [-0.05, 0) is 32.4 Å². The summed E-state index contributed by atoms with van der Waals surface area (Å²) in [5.41, 5.74) is 6.36. The number of ether oxygens (including phenoxy) is 1. The lowest BCUT2D eigenvalue weighted by Crippen LogP contribution is -2.52. The van der Waals surface area contributed by atoms with Gasteiger partial charge in [-0.3, -0.25) is 0 Å². The maximum absolute atomic E-state index is 5.89. The molecule has 0 aromatic carbocycles. The summed E-state index contributed by atoms with van der Waals surface area (Å²) in [4.78, 5) is 2.56. The van der Waals surface area contributed by atoms with E-state index < -0.39 is 0 Å². The predicted octanol–water partition coefficient (Wildman–Crippen LogP) is 0.836. The van der Waals surface area contributed by atoms with E-state index in [1.54, 1.807) is 0 Å². The van der Waals surface area contributed by atoms with Gasteiger partial charge < -0.3 is 15.4 Å². The third-order valence-corrected chi connectivity index (χ3v) is 3.76. The first-order valence-corrected chi connectivity index (χ1v) is 5.80. The minimum absolute atomic E-state index is 0.446. The first-order chi connectivity index (χ1) is 6.74. The van der Waals surface area contributed by atoms with Gasteiger partial charge in [-0.1, -0.05) is 6.92 Å². The Morgan fingerprint density at radius 3 is 2.43 bits per heavy atom. The van der Waals surface area contributed by atoms with E-state index in [1.165, 1.54) is 38.9 Å². The number of piperidine rings is 1. The first-order valence-electron chi connectivity index (χ1n) is 5.80. The van der Waals surface area contributed by atoms with Gasteiger partial charge in [-0.15, -0.1) is 0 Å². The predicted molar refractivity (Wildman–Crippen MR) is 57.2 cm³/mol. The van der Waals surface area contributed by atoms with Gasteiger partial charge >= 0.3 is 0 Å². The van der Waals surface area contributed by atoms with Crippen molar-refractivity contribution < 1.29 is 4.74 Å². The normalized spacial score (nSPS) is 28.7. The van der Waals surface area contributed by atoms with Crippen molar-refractivity contribution in [2.45, 2.75) is 32.2 Å². The van der Waals surface area contributed by atoms with Gasteiger partial charge in [0.15, 0.2) is 0 Å². The molecule has 3 heteroatoms. The zero-order valence-corrected chi connectivity index (χ0v) is 9.17. The Labute approximate surface area is 86.6 Å². The van der Waals surface area contributed by atoms with Crippen LogP contribution >= 0.6 is 0 Å². The highest BCUT2D eigenvalue weighted by molar-refractivity contribution is 4.89. The second kappa shape index (κ2) is 4.17. The summed E-state index contributed by atoms with van der Waals surface area (Å²) >= 11 is 0. The maximum atomic E-state index is 5.89. The highest BCUT2D eigenvalue weighted by Gasteiger charge is 2.38. The number of nitrogens with zero attached hydrogens (tertiary/aromatic N) is 1. The molecule has 2 aliphatic heterocycles. The highest BCUT2D eigenvalue weighted by Crippen LogP contribution is 2.32. The van der Waals surface area contributed by atoms with Crippen LogP contribution in [-0.4, -0.2) is 43.8 Å². The molecule has 2 N–H and O–H groups in total. The quantitative estimate of drug-likeness (QED) is 0.730. The van der Waals surface area contributed by atoms with Crippen LogP contribution in [0.5, 0.6) is 0 Å². The van der Waals surface area contributed by atoms with Crippen molar-refractivity contribution in [3.05, 3.63) is 0 Å². The first kappa shape index (κ1) is 10.4. The molecule has 0 atom stereocenters. The molecule has 14 heavy (non-hydrogen) atoms. The van der Waals surface area contributed by atoms with Crippen LogP contribution < -0.4 is 5.73 Å². The van der Waals surface area contributed by atoms with Crippen LogP contribution in [0.2, 0.25) is 0 Å². The Morgan fingerprint density at radius 1 is 1.36 bits per heavy atom. The van der Waals surface area contributed by atoms with Crippen molar-refractivity contribution >= 4 is 0 Å². The van der Waals surface area contributed by atoms with Crippen LogP contribution in [0.1, 0.15) is 26.2 Å². The van der Waals surface area contributed by atoms with Gasteiger partial charge in [0, 0.05) is 18.0 Å². The van der Waals surface area contributed by atoms with Crippen LogP contribution in [0.15, 0.2) is 0 Å². The number of likely N-dealkylation sites (tertiary alicyclic amines) is 1. The lowest BCUT2D eigenvalue weighted by Gasteiger charge is -2.45. The van der Waals surface area contributed by atoms with E-state index in [2.05, 4.69) is 11.8 Å². The van der Waals surface area contributed by atoms with Crippen molar-refractivity contribution in [2.24, 2.45) is 11.1 Å². The van der Waals surface area contributed by atoms with Crippen LogP contribution in [0.3, 0.4) is 0 Å². The zero-order chi connectivity index (χ0) is 10.0. The fourth-order valence-corrected chi connectivity index (χ4v) is 2.38. The summed E-state index contributed by atoms with van der Waals surface area (Å²) in [5, 5.41) is 0. The van der Waals surface area contributed by atoms with Gasteiger partial charge in [0.1, 0.15) is 0 Å². The second-order valence-corrected chi connectivity index (χ2v) is 4.96. The van der Waals surface area contributed by atoms with Crippen LogP contribution in [0.25, 0.3) is 0 Å². The molecular weight excluding hydrogens is 176 g/mol. The fraction of sp³-hybridized carbons (Fsp3) is 1.00. The Balaban J connectivity index is 1.79. The molecule has 2 saturated heterocycles. The molecule has 3 nitrogen and oxygen atoms in total. The largest absolute Gasteiger partial charge is 0.380 e. The molecule has 2 rings (SSSR count). The number of hydrogen-bond acceptors (Lipinski definition) is 3. The molecule has 0 aliphatic carbocycles. The van der Waals surface area contributed by atoms with Gasteiger partial charge in [-0.25, -0.2) is 0 Å². The fourth-order valence-electron chi connectivity index (χ4n) is 2.38. The average molecular weight is 198 g/mol.